The van der Waals surface area contributed by atoms with Crippen molar-refractivity contribution >= 4 is 27.7 Å². The molecule has 1 aliphatic heterocycles. The molecule has 0 spiro atoms. The fraction of sp³-hybridized carbons (Fsp3) is 0.269. The first kappa shape index (κ1) is 20.4. The predicted molar refractivity (Wildman–Crippen MR) is 127 cm³/mol. The van der Waals surface area contributed by atoms with Crippen molar-refractivity contribution in [2.24, 2.45) is 5.14 Å². The number of anilines is 1. The van der Waals surface area contributed by atoms with Gasteiger partial charge >= 0.3 is 0 Å². The number of hydrogen-bond acceptors (Lipinski definition) is 3. The fourth-order valence-electron chi connectivity index (χ4n) is 5.80. The van der Waals surface area contributed by atoms with Crippen molar-refractivity contribution in [1.82, 2.24) is 4.98 Å². The molecule has 1 aromatic heterocycles. The van der Waals surface area contributed by atoms with Crippen molar-refractivity contribution in [2.75, 3.05) is 5.32 Å². The summed E-state index contributed by atoms with van der Waals surface area (Å²) in [6, 6.07) is 12.8. The summed E-state index contributed by atoms with van der Waals surface area (Å²) in [4.78, 5) is 16.7. The normalized spacial score (nSPS) is 21.2. The van der Waals surface area contributed by atoms with Gasteiger partial charge in [-0.05, 0) is 78.1 Å². The van der Waals surface area contributed by atoms with Crippen LogP contribution in [0.25, 0.3) is 6.08 Å². The van der Waals surface area contributed by atoms with Gasteiger partial charge in [0.1, 0.15) is 0 Å². The Bertz CT molecular complexity index is 1430. The van der Waals surface area contributed by atoms with Gasteiger partial charge in [0.25, 0.3) is 0 Å². The summed E-state index contributed by atoms with van der Waals surface area (Å²) in [6.07, 6.45) is 9.69. The van der Waals surface area contributed by atoms with Gasteiger partial charge in [0.05, 0.1) is 10.8 Å². The maximum absolute atomic E-state index is 13.2. The molecule has 33 heavy (non-hydrogen) atoms. The maximum atomic E-state index is 13.2. The first-order chi connectivity index (χ1) is 15.9. The number of allylic oxidation sites excluding steroid dienone is 1. The molecular formula is C26H25N3O3S. The number of aryl methyl sites for hydroxylation is 1. The van der Waals surface area contributed by atoms with Crippen LogP contribution in [0.4, 0.5) is 5.69 Å². The number of carbonyl (C=O) groups excluding carboxylic acids is 1. The Morgan fingerprint density at radius 3 is 2.67 bits per heavy atom. The highest BCUT2D eigenvalue weighted by molar-refractivity contribution is 7.89. The van der Waals surface area contributed by atoms with Gasteiger partial charge in [-0.3, -0.25) is 4.79 Å². The van der Waals surface area contributed by atoms with E-state index in [1.54, 1.807) is 12.1 Å². The van der Waals surface area contributed by atoms with E-state index in [-0.39, 0.29) is 16.7 Å². The lowest BCUT2D eigenvalue weighted by molar-refractivity contribution is -0.117. The van der Waals surface area contributed by atoms with E-state index in [1.165, 1.54) is 41.3 Å². The largest absolute Gasteiger partial charge is 0.364 e. The highest BCUT2D eigenvalue weighted by Gasteiger charge is 2.42. The fourth-order valence-corrected chi connectivity index (χ4v) is 6.35. The summed E-state index contributed by atoms with van der Waals surface area (Å²) in [5, 5.41) is 8.35. The van der Waals surface area contributed by atoms with Crippen molar-refractivity contribution in [1.29, 1.82) is 0 Å². The quantitative estimate of drug-likeness (QED) is 0.549. The second kappa shape index (κ2) is 7.43. The average Bonchev–Trinajstić information content (AvgIpc) is 3.45. The number of nitrogens with one attached hydrogen (secondary N) is 2. The van der Waals surface area contributed by atoms with Gasteiger partial charge < -0.3 is 10.3 Å². The summed E-state index contributed by atoms with van der Waals surface area (Å²) in [5.41, 5.74) is 8.80. The molecule has 3 aliphatic rings. The van der Waals surface area contributed by atoms with Gasteiger partial charge in [0.15, 0.2) is 0 Å². The number of primary sulfonamides is 1. The minimum absolute atomic E-state index is 0.0271. The Kier molecular flexibility index (Phi) is 4.61. The Morgan fingerprint density at radius 1 is 1.00 bits per heavy atom. The molecule has 0 fully saturated rings. The Morgan fingerprint density at radius 2 is 1.82 bits per heavy atom. The molecule has 2 aromatic carbocycles. The van der Waals surface area contributed by atoms with Crippen molar-refractivity contribution < 1.29 is 13.2 Å². The number of rotatable bonds is 4. The van der Waals surface area contributed by atoms with Gasteiger partial charge in [-0.1, -0.05) is 35.9 Å². The molecule has 2 heterocycles. The van der Waals surface area contributed by atoms with Crippen LogP contribution in [0.15, 0.2) is 59.1 Å². The summed E-state index contributed by atoms with van der Waals surface area (Å²) < 4.78 is 24.0. The second-order valence-electron chi connectivity index (χ2n) is 9.24. The molecule has 0 saturated carbocycles. The third kappa shape index (κ3) is 3.34. The smallest absolute Gasteiger partial charge is 0.238 e. The summed E-state index contributed by atoms with van der Waals surface area (Å²) in [5.74, 6) is -0.779. The first-order valence-corrected chi connectivity index (χ1v) is 12.9. The summed E-state index contributed by atoms with van der Waals surface area (Å²) in [7, 11) is -3.87. The zero-order valence-corrected chi connectivity index (χ0v) is 18.9. The SMILES string of the molecule is NS(=O)(=O)c1ccc2c(c1)C(C1C(Cc3c[nH]c4c3CCCC4)=Cc3ccccc31)C(=O)N2. The third-order valence-corrected chi connectivity index (χ3v) is 8.21. The highest BCUT2D eigenvalue weighted by Crippen LogP contribution is 2.51. The Labute approximate surface area is 193 Å². The Hall–Kier alpha value is -3.16. The monoisotopic (exact) mass is 459 g/mol. The van der Waals surface area contributed by atoms with Crippen LogP contribution in [0.2, 0.25) is 0 Å². The van der Waals surface area contributed by atoms with Crippen LogP contribution >= 0.6 is 0 Å². The van der Waals surface area contributed by atoms with Crippen molar-refractivity contribution in [3.05, 3.63) is 87.7 Å². The number of nitrogens with two attached hydrogens (primary N) is 1. The highest BCUT2D eigenvalue weighted by atomic mass is 32.2. The number of aromatic amines is 1. The molecule has 6 rings (SSSR count). The van der Waals surface area contributed by atoms with Gasteiger partial charge in [-0.25, -0.2) is 13.6 Å². The van der Waals surface area contributed by atoms with E-state index in [4.69, 9.17) is 5.14 Å². The molecule has 0 bridgehead atoms. The van der Waals surface area contributed by atoms with Crippen LogP contribution in [-0.2, 0) is 34.1 Å². The molecular weight excluding hydrogens is 434 g/mol. The number of amides is 1. The molecule has 3 aromatic rings. The zero-order chi connectivity index (χ0) is 22.7. The minimum atomic E-state index is -3.87. The van der Waals surface area contributed by atoms with E-state index in [9.17, 15) is 13.2 Å². The van der Waals surface area contributed by atoms with Crippen molar-refractivity contribution in [3.63, 3.8) is 0 Å². The minimum Gasteiger partial charge on any atom is -0.364 e. The van der Waals surface area contributed by atoms with Gasteiger partial charge in [-0.2, -0.15) is 0 Å². The molecule has 1 amide bonds. The number of benzene rings is 2. The van der Waals surface area contributed by atoms with Crippen LogP contribution in [0.3, 0.4) is 0 Å². The van der Waals surface area contributed by atoms with Gasteiger partial charge in [0, 0.05) is 23.5 Å². The predicted octanol–water partition coefficient (Wildman–Crippen LogP) is 4.00. The lowest BCUT2D eigenvalue weighted by Gasteiger charge is -2.23. The van der Waals surface area contributed by atoms with E-state index in [0.717, 1.165) is 30.4 Å². The number of H-pyrrole nitrogens is 1. The lowest BCUT2D eigenvalue weighted by Crippen LogP contribution is -2.21. The number of carbonyl (C=O) groups is 1. The Balaban J connectivity index is 1.45. The molecule has 2 atom stereocenters. The number of hydrogen-bond donors (Lipinski definition) is 3. The van der Waals surface area contributed by atoms with Crippen LogP contribution in [0, 0.1) is 0 Å². The van der Waals surface area contributed by atoms with Gasteiger partial charge in [0.2, 0.25) is 15.9 Å². The standard InChI is InChI=1S/C26H25N3O3S/c27-33(31,32)18-9-10-23-21(13-18)25(26(30)29-23)24-16(11-15-5-1-2-7-20(15)24)12-17-14-28-22-8-4-3-6-19(17)22/h1-2,5,7,9-11,13-14,24-25,28H,3-4,6,8,12H2,(H,29,30)(H2,27,31,32). The number of aromatic nitrogens is 1. The molecule has 2 unspecified atom stereocenters. The zero-order valence-electron chi connectivity index (χ0n) is 18.1. The van der Waals surface area contributed by atoms with E-state index < -0.39 is 15.9 Å². The van der Waals surface area contributed by atoms with E-state index in [0.29, 0.717) is 11.3 Å². The summed E-state index contributed by atoms with van der Waals surface area (Å²) >= 11 is 0. The van der Waals surface area contributed by atoms with E-state index in [1.807, 2.05) is 12.1 Å². The molecule has 2 aliphatic carbocycles. The molecule has 168 valence electrons. The molecule has 6 nitrogen and oxygen atoms in total. The van der Waals surface area contributed by atoms with Crippen LogP contribution in [-0.4, -0.2) is 19.3 Å². The molecule has 0 saturated heterocycles. The van der Waals surface area contributed by atoms with Crippen molar-refractivity contribution in [2.45, 2.75) is 48.8 Å². The first-order valence-electron chi connectivity index (χ1n) is 11.3. The summed E-state index contributed by atoms with van der Waals surface area (Å²) in [6.45, 7) is 0. The van der Waals surface area contributed by atoms with Crippen LogP contribution in [0.5, 0.6) is 0 Å². The third-order valence-electron chi connectivity index (χ3n) is 7.30. The average molecular weight is 460 g/mol. The molecule has 0 radical (unpaired) electrons. The molecule has 4 N–H and O–H groups in total. The van der Waals surface area contributed by atoms with Crippen LogP contribution in [0.1, 0.15) is 58.2 Å². The number of sulfonamides is 1. The van der Waals surface area contributed by atoms with E-state index >= 15 is 0 Å². The van der Waals surface area contributed by atoms with Crippen molar-refractivity contribution in [3.8, 4) is 0 Å². The molecule has 7 heteroatoms. The van der Waals surface area contributed by atoms with Gasteiger partial charge in [-0.15, -0.1) is 0 Å². The topological polar surface area (TPSA) is 105 Å². The second-order valence-corrected chi connectivity index (χ2v) is 10.8. The number of fused-ring (bicyclic) bond motifs is 3. The lowest BCUT2D eigenvalue weighted by atomic mass is 9.78. The van der Waals surface area contributed by atoms with E-state index in [2.05, 4.69) is 34.7 Å². The maximum Gasteiger partial charge on any atom is 0.238 e. The van der Waals surface area contributed by atoms with Crippen LogP contribution < -0.4 is 10.5 Å².